The predicted octanol–water partition coefficient (Wildman–Crippen LogP) is 3.64. The molecule has 2 aromatic carbocycles. The highest BCUT2D eigenvalue weighted by atomic mass is 35.5. The predicted molar refractivity (Wildman–Crippen MR) is 115 cm³/mol. The quantitative estimate of drug-likeness (QED) is 0.698. The number of thioether (sulfide) groups is 1. The van der Waals surface area contributed by atoms with Crippen molar-refractivity contribution in [2.24, 2.45) is 0 Å². The lowest BCUT2D eigenvalue weighted by Gasteiger charge is -2.22. The molecule has 6 nitrogen and oxygen atoms in total. The van der Waals surface area contributed by atoms with Gasteiger partial charge in [0, 0.05) is 22.9 Å². The maximum absolute atomic E-state index is 12.9. The molecule has 1 aliphatic rings. The molecule has 0 spiro atoms. The summed E-state index contributed by atoms with van der Waals surface area (Å²) in [5, 5.41) is 4.83. The number of hydrogen-bond acceptors (Lipinski definition) is 5. The number of anilines is 1. The summed E-state index contributed by atoms with van der Waals surface area (Å²) in [4.78, 5) is 25.0. The van der Waals surface area contributed by atoms with Gasteiger partial charge in [-0.05, 0) is 43.7 Å². The van der Waals surface area contributed by atoms with E-state index < -0.39 is 15.1 Å². The maximum Gasteiger partial charge on any atom is 0.237 e. The molecule has 2 atom stereocenters. The highest BCUT2D eigenvalue weighted by Crippen LogP contribution is 2.37. The molecule has 0 aliphatic carbocycles. The first-order valence-electron chi connectivity index (χ1n) is 9.04. The van der Waals surface area contributed by atoms with Crippen LogP contribution in [0.4, 0.5) is 5.69 Å². The standard InChI is InChI=1S/C20H21ClN2O4S2/c1-12(9-19(24)22-11-14-5-3-4-6-16(14)21)29(26,27)15-7-8-18-17(10-15)23-20(25)13(2)28-18/h3-8,10,12-13H,9,11H2,1-2H3,(H,22,24)(H,23,25)/t12-,13+/m0/s1. The van der Waals surface area contributed by atoms with E-state index >= 15 is 0 Å². The molecule has 29 heavy (non-hydrogen) atoms. The van der Waals surface area contributed by atoms with E-state index in [1.807, 2.05) is 6.07 Å². The fourth-order valence-electron chi connectivity index (χ4n) is 2.88. The van der Waals surface area contributed by atoms with E-state index in [1.54, 1.807) is 31.2 Å². The van der Waals surface area contributed by atoms with Crippen LogP contribution in [0.3, 0.4) is 0 Å². The van der Waals surface area contributed by atoms with E-state index in [-0.39, 0.29) is 34.9 Å². The Morgan fingerprint density at radius 2 is 2.00 bits per heavy atom. The summed E-state index contributed by atoms with van der Waals surface area (Å²) >= 11 is 7.45. The van der Waals surface area contributed by atoms with Crippen LogP contribution in [-0.4, -0.2) is 30.7 Å². The van der Waals surface area contributed by atoms with Gasteiger partial charge in [-0.15, -0.1) is 11.8 Å². The van der Waals surface area contributed by atoms with Crippen LogP contribution in [-0.2, 0) is 26.0 Å². The van der Waals surface area contributed by atoms with Crippen LogP contribution in [0.5, 0.6) is 0 Å². The lowest BCUT2D eigenvalue weighted by atomic mass is 10.2. The molecule has 0 aromatic heterocycles. The average Bonchev–Trinajstić information content (AvgIpc) is 2.67. The number of hydrogen-bond donors (Lipinski definition) is 2. The number of rotatable bonds is 6. The Morgan fingerprint density at radius 1 is 1.28 bits per heavy atom. The number of benzene rings is 2. The Balaban J connectivity index is 1.67. The van der Waals surface area contributed by atoms with Crippen LogP contribution in [0.15, 0.2) is 52.3 Å². The van der Waals surface area contributed by atoms with Gasteiger partial charge < -0.3 is 10.6 Å². The van der Waals surface area contributed by atoms with Crippen LogP contribution in [0, 0.1) is 0 Å². The van der Waals surface area contributed by atoms with Crippen molar-refractivity contribution in [2.75, 3.05) is 5.32 Å². The van der Waals surface area contributed by atoms with E-state index in [9.17, 15) is 18.0 Å². The first kappa shape index (κ1) is 21.7. The highest BCUT2D eigenvalue weighted by Gasteiger charge is 2.29. The smallest absolute Gasteiger partial charge is 0.237 e. The Kier molecular flexibility index (Phi) is 6.55. The van der Waals surface area contributed by atoms with Gasteiger partial charge in [0.1, 0.15) is 0 Å². The van der Waals surface area contributed by atoms with Crippen LogP contribution >= 0.6 is 23.4 Å². The van der Waals surface area contributed by atoms with Gasteiger partial charge >= 0.3 is 0 Å². The third kappa shape index (κ3) is 4.94. The molecule has 2 N–H and O–H groups in total. The summed E-state index contributed by atoms with van der Waals surface area (Å²) in [6.45, 7) is 3.52. The van der Waals surface area contributed by atoms with E-state index in [0.29, 0.717) is 10.7 Å². The first-order chi connectivity index (χ1) is 13.7. The monoisotopic (exact) mass is 452 g/mol. The fourth-order valence-corrected chi connectivity index (χ4v) is 5.38. The molecular weight excluding hydrogens is 432 g/mol. The second-order valence-electron chi connectivity index (χ2n) is 6.84. The third-order valence-corrected chi connectivity index (χ3v) is 8.33. The van der Waals surface area contributed by atoms with E-state index in [2.05, 4.69) is 10.6 Å². The minimum absolute atomic E-state index is 0.0816. The molecule has 2 aromatic rings. The third-order valence-electron chi connectivity index (χ3n) is 4.65. The van der Waals surface area contributed by atoms with Crippen molar-refractivity contribution in [2.45, 2.75) is 47.1 Å². The van der Waals surface area contributed by atoms with Crippen molar-refractivity contribution in [3.05, 3.63) is 53.1 Å². The largest absolute Gasteiger partial charge is 0.352 e. The number of amides is 2. The molecule has 0 radical (unpaired) electrons. The van der Waals surface area contributed by atoms with Crippen molar-refractivity contribution in [3.63, 3.8) is 0 Å². The van der Waals surface area contributed by atoms with Gasteiger partial charge in [-0.2, -0.15) is 0 Å². The van der Waals surface area contributed by atoms with Crippen LogP contribution in [0.1, 0.15) is 25.8 Å². The van der Waals surface area contributed by atoms with Crippen LogP contribution in [0.25, 0.3) is 0 Å². The number of nitrogens with one attached hydrogen (secondary N) is 2. The van der Waals surface area contributed by atoms with Crippen molar-refractivity contribution < 1.29 is 18.0 Å². The normalized spacial score (nSPS) is 17.2. The zero-order chi connectivity index (χ0) is 21.2. The molecule has 1 heterocycles. The summed E-state index contributed by atoms with van der Waals surface area (Å²) in [6.07, 6.45) is -0.179. The SMILES string of the molecule is C[C@H]1Sc2ccc(S(=O)(=O)[C@@H](C)CC(=O)NCc3ccccc3Cl)cc2NC1=O. The summed E-state index contributed by atoms with van der Waals surface area (Å²) < 4.78 is 25.8. The molecule has 154 valence electrons. The molecule has 1 aliphatic heterocycles. The zero-order valence-electron chi connectivity index (χ0n) is 15.9. The van der Waals surface area contributed by atoms with Gasteiger partial charge in [-0.25, -0.2) is 8.42 Å². The minimum Gasteiger partial charge on any atom is -0.352 e. The number of carbonyl (C=O) groups excluding carboxylic acids is 2. The van der Waals surface area contributed by atoms with Crippen molar-refractivity contribution >= 4 is 50.7 Å². The summed E-state index contributed by atoms with van der Waals surface area (Å²) in [6, 6.07) is 11.8. The maximum atomic E-state index is 12.9. The number of fused-ring (bicyclic) bond motifs is 1. The van der Waals surface area contributed by atoms with Gasteiger partial charge in [-0.3, -0.25) is 9.59 Å². The van der Waals surface area contributed by atoms with E-state index in [4.69, 9.17) is 11.6 Å². The zero-order valence-corrected chi connectivity index (χ0v) is 18.3. The van der Waals surface area contributed by atoms with Gasteiger partial charge in [-0.1, -0.05) is 29.8 Å². The van der Waals surface area contributed by atoms with Crippen molar-refractivity contribution in [1.29, 1.82) is 0 Å². The van der Waals surface area contributed by atoms with Crippen molar-refractivity contribution in [3.8, 4) is 0 Å². The molecule has 3 rings (SSSR count). The first-order valence-corrected chi connectivity index (χ1v) is 11.8. The Bertz CT molecular complexity index is 1060. The van der Waals surface area contributed by atoms with Crippen LogP contribution in [0.2, 0.25) is 5.02 Å². The Hall–Kier alpha value is -2.03. The van der Waals surface area contributed by atoms with Gasteiger partial charge in [0.15, 0.2) is 9.84 Å². The second-order valence-corrected chi connectivity index (χ2v) is 11.0. The van der Waals surface area contributed by atoms with Crippen molar-refractivity contribution in [1.82, 2.24) is 5.32 Å². The molecule has 2 amide bonds. The summed E-state index contributed by atoms with van der Waals surface area (Å²) in [5.74, 6) is -0.541. The molecular formula is C20H21ClN2O4S2. The molecule has 0 fully saturated rings. The van der Waals surface area contributed by atoms with Gasteiger partial charge in [0.05, 0.1) is 21.1 Å². The number of halogens is 1. The Morgan fingerprint density at radius 3 is 2.72 bits per heavy atom. The number of carbonyl (C=O) groups is 2. The Labute approximate surface area is 179 Å². The molecule has 0 saturated heterocycles. The minimum atomic E-state index is -3.74. The summed E-state index contributed by atoms with van der Waals surface area (Å²) in [7, 11) is -3.74. The lowest BCUT2D eigenvalue weighted by molar-refractivity contribution is -0.121. The van der Waals surface area contributed by atoms with E-state index in [0.717, 1.165) is 10.5 Å². The van der Waals surface area contributed by atoms with Gasteiger partial charge in [0.2, 0.25) is 11.8 Å². The fraction of sp³-hybridized carbons (Fsp3) is 0.300. The van der Waals surface area contributed by atoms with E-state index in [1.165, 1.54) is 30.8 Å². The molecule has 0 bridgehead atoms. The molecule has 0 unspecified atom stereocenters. The lowest BCUT2D eigenvalue weighted by Crippen LogP contribution is -2.30. The molecule has 9 heteroatoms. The second kappa shape index (κ2) is 8.77. The topological polar surface area (TPSA) is 92.3 Å². The van der Waals surface area contributed by atoms with Gasteiger partial charge in [0.25, 0.3) is 0 Å². The average molecular weight is 453 g/mol. The van der Waals surface area contributed by atoms with Crippen LogP contribution < -0.4 is 10.6 Å². The number of sulfone groups is 1. The summed E-state index contributed by atoms with van der Waals surface area (Å²) in [5.41, 5.74) is 1.24. The highest BCUT2D eigenvalue weighted by molar-refractivity contribution is 8.01. The molecule has 0 saturated carbocycles.